The molecule has 4 N–H and O–H groups in total. The Kier molecular flexibility index (Phi) is 5.02. The fourth-order valence-electron chi connectivity index (χ4n) is 2.40. The van der Waals surface area contributed by atoms with Crippen molar-refractivity contribution in [1.29, 1.82) is 0 Å². The van der Waals surface area contributed by atoms with E-state index in [0.717, 1.165) is 22.7 Å². The molecule has 0 bridgehead atoms. The maximum Gasteiger partial charge on any atom is 0.416 e. The van der Waals surface area contributed by atoms with Crippen LogP contribution in [0.5, 0.6) is 5.75 Å². The highest BCUT2D eigenvalue weighted by Crippen LogP contribution is 2.29. The van der Waals surface area contributed by atoms with Crippen molar-refractivity contribution in [3.8, 4) is 5.75 Å². The van der Waals surface area contributed by atoms with Gasteiger partial charge in [-0.15, -0.1) is 0 Å². The topological polar surface area (TPSA) is 66.3 Å². The molecule has 0 radical (unpaired) electrons. The molecule has 1 unspecified atom stereocenters. The van der Waals surface area contributed by atoms with Crippen LogP contribution in [0, 0.1) is 0 Å². The van der Waals surface area contributed by atoms with Gasteiger partial charge in [0.2, 0.25) is 0 Å². The molecule has 1 heterocycles. The van der Waals surface area contributed by atoms with Crippen molar-refractivity contribution in [2.75, 3.05) is 6.67 Å². The number of alkyl halides is 3. The molecule has 0 fully saturated rings. The standard InChI is InChI=1S/C15H13F3N4O.ClH/c16-15(17,18)11-3-1-10(2-4-11)14-20-22(19)9-21(14)12-5-7-13(23)8-6-12;/h1-8,23H,9,19H2;1H. The Morgan fingerprint density at radius 2 is 1.62 bits per heavy atom. The number of benzene rings is 2. The molecule has 24 heavy (non-hydrogen) atoms. The largest absolute Gasteiger partial charge is 1.00 e. The van der Waals surface area contributed by atoms with Crippen molar-refractivity contribution < 1.29 is 35.6 Å². The number of hydrazone groups is 1. The van der Waals surface area contributed by atoms with Crippen molar-refractivity contribution in [1.82, 2.24) is 5.12 Å². The number of nitrogens with zero attached hydrogens (tertiary/aromatic N) is 2. The van der Waals surface area contributed by atoms with Gasteiger partial charge in [-0.25, -0.2) is 10.7 Å². The van der Waals surface area contributed by atoms with Gasteiger partial charge in [0, 0.05) is 12.1 Å². The maximum absolute atomic E-state index is 12.7. The van der Waals surface area contributed by atoms with E-state index < -0.39 is 11.7 Å². The molecule has 3 rings (SSSR count). The first-order valence-corrected chi connectivity index (χ1v) is 6.78. The van der Waals surface area contributed by atoms with Crippen molar-refractivity contribution in [3.63, 3.8) is 0 Å². The van der Waals surface area contributed by atoms with Gasteiger partial charge in [0.1, 0.15) is 11.4 Å². The molecule has 2 aromatic carbocycles. The third-order valence-corrected chi connectivity index (χ3v) is 3.54. The summed E-state index contributed by atoms with van der Waals surface area (Å²) in [5.41, 5.74) is 0.638. The van der Waals surface area contributed by atoms with Crippen LogP contribution in [-0.2, 0) is 6.18 Å². The predicted octanol–water partition coefficient (Wildman–Crippen LogP) is -1.56. The van der Waals surface area contributed by atoms with Crippen LogP contribution < -0.4 is 23.1 Å². The van der Waals surface area contributed by atoms with Crippen LogP contribution in [0.4, 0.5) is 18.9 Å². The summed E-state index contributed by atoms with van der Waals surface area (Å²) in [7, 11) is 0. The number of nitrogens with one attached hydrogen (secondary N) is 1. The normalized spacial score (nSPS) is 17.4. The third kappa shape index (κ3) is 3.61. The van der Waals surface area contributed by atoms with E-state index in [-0.39, 0.29) is 18.2 Å². The highest BCUT2D eigenvalue weighted by Gasteiger charge is 2.33. The van der Waals surface area contributed by atoms with Gasteiger partial charge in [0.25, 0.3) is 5.84 Å². The second kappa shape index (κ2) is 6.68. The van der Waals surface area contributed by atoms with E-state index in [1.54, 1.807) is 12.1 Å². The molecule has 0 saturated heterocycles. The van der Waals surface area contributed by atoms with Crippen LogP contribution in [-0.4, -0.2) is 22.7 Å². The first-order valence-electron chi connectivity index (χ1n) is 6.78. The molecule has 5 nitrogen and oxygen atoms in total. The fraction of sp³-hybridized carbons (Fsp3) is 0.133. The Hall–Kier alpha value is -2.29. The number of rotatable bonds is 2. The summed E-state index contributed by atoms with van der Waals surface area (Å²) in [6, 6.07) is 11.3. The quantitative estimate of drug-likeness (QED) is 0.449. The predicted molar refractivity (Wildman–Crippen MR) is 77.6 cm³/mol. The summed E-state index contributed by atoms with van der Waals surface area (Å²) in [5.74, 6) is 6.36. The Morgan fingerprint density at radius 3 is 2.17 bits per heavy atom. The number of amidine groups is 1. The first kappa shape index (κ1) is 18.1. The van der Waals surface area contributed by atoms with Crippen molar-refractivity contribution in [2.45, 2.75) is 6.18 Å². The Bertz CT molecular complexity index is 732. The molecule has 0 aromatic heterocycles. The SMILES string of the molecule is NN1C[NH+](c2ccc(O)cc2)C(c2ccc(C(F)(F)F)cc2)=N1.[Cl-]. The van der Waals surface area contributed by atoms with Gasteiger partial charge in [-0.1, -0.05) is 5.10 Å². The van der Waals surface area contributed by atoms with Gasteiger partial charge in [-0.05, 0) is 36.4 Å². The Balaban J connectivity index is 0.00000208. The smallest absolute Gasteiger partial charge is 0.416 e. The number of phenols is 1. The van der Waals surface area contributed by atoms with Gasteiger partial charge in [-0.3, -0.25) is 0 Å². The van der Waals surface area contributed by atoms with Crippen molar-refractivity contribution >= 4 is 11.5 Å². The monoisotopic (exact) mass is 358 g/mol. The molecule has 1 aliphatic heterocycles. The lowest BCUT2D eigenvalue weighted by Crippen LogP contribution is -3.09. The van der Waals surface area contributed by atoms with Crippen LogP contribution in [0.2, 0.25) is 0 Å². The van der Waals surface area contributed by atoms with Gasteiger partial charge >= 0.3 is 6.18 Å². The number of hydrogen-bond donors (Lipinski definition) is 3. The minimum Gasteiger partial charge on any atom is -1.00 e. The molecule has 0 amide bonds. The molecule has 2 aromatic rings. The summed E-state index contributed by atoms with van der Waals surface area (Å²) >= 11 is 0. The molecular formula is C15H14ClF3N4O. The number of hydrogen-bond acceptors (Lipinski definition) is 4. The van der Waals surface area contributed by atoms with E-state index in [0.29, 0.717) is 18.1 Å². The minimum atomic E-state index is -4.38. The van der Waals surface area contributed by atoms with Gasteiger partial charge in [0.05, 0.1) is 11.1 Å². The number of nitrogens with two attached hydrogens (primary N) is 1. The molecule has 1 atom stereocenters. The van der Waals surface area contributed by atoms with Crippen LogP contribution in [0.15, 0.2) is 53.6 Å². The highest BCUT2D eigenvalue weighted by atomic mass is 35.5. The summed E-state index contributed by atoms with van der Waals surface area (Å²) in [6.07, 6.45) is -4.38. The Morgan fingerprint density at radius 1 is 1.04 bits per heavy atom. The number of hydrazine groups is 1. The minimum absolute atomic E-state index is 0. The van der Waals surface area contributed by atoms with E-state index in [1.807, 2.05) is 0 Å². The third-order valence-electron chi connectivity index (χ3n) is 3.54. The molecule has 128 valence electrons. The molecular weight excluding hydrogens is 345 g/mol. The van der Waals surface area contributed by atoms with Crippen molar-refractivity contribution in [2.24, 2.45) is 10.9 Å². The van der Waals surface area contributed by atoms with Crippen molar-refractivity contribution in [3.05, 3.63) is 59.7 Å². The summed E-state index contributed by atoms with van der Waals surface area (Å²) in [5, 5.41) is 14.8. The summed E-state index contributed by atoms with van der Waals surface area (Å²) < 4.78 is 38.0. The summed E-state index contributed by atoms with van der Waals surface area (Å²) in [4.78, 5) is 0.784. The molecule has 0 spiro atoms. The maximum atomic E-state index is 12.7. The fourth-order valence-corrected chi connectivity index (χ4v) is 2.40. The van der Waals surface area contributed by atoms with E-state index in [1.165, 1.54) is 29.4 Å². The van der Waals surface area contributed by atoms with E-state index in [2.05, 4.69) is 5.10 Å². The van der Waals surface area contributed by atoms with E-state index >= 15 is 0 Å². The van der Waals surface area contributed by atoms with Gasteiger partial charge < -0.3 is 17.5 Å². The second-order valence-corrected chi connectivity index (χ2v) is 5.15. The number of phenolic OH excluding ortho intramolecular Hbond substituents is 1. The summed E-state index contributed by atoms with van der Waals surface area (Å²) in [6.45, 7) is 0.334. The average molecular weight is 359 g/mol. The van der Waals surface area contributed by atoms with Crippen LogP contribution in [0.1, 0.15) is 11.1 Å². The van der Waals surface area contributed by atoms with Crippen LogP contribution >= 0.6 is 0 Å². The zero-order chi connectivity index (χ0) is 16.6. The lowest BCUT2D eigenvalue weighted by atomic mass is 10.1. The number of quaternary nitrogens is 1. The van der Waals surface area contributed by atoms with Gasteiger partial charge in [0.15, 0.2) is 6.67 Å². The Labute approximate surface area is 142 Å². The average Bonchev–Trinajstić information content (AvgIpc) is 2.89. The number of halogens is 4. The lowest BCUT2D eigenvalue weighted by molar-refractivity contribution is -0.735. The first-order chi connectivity index (χ1) is 10.8. The number of aromatic hydroxyl groups is 1. The zero-order valence-electron chi connectivity index (χ0n) is 12.3. The van der Waals surface area contributed by atoms with Gasteiger partial charge in [-0.2, -0.15) is 18.3 Å². The van der Waals surface area contributed by atoms with E-state index in [4.69, 9.17) is 5.84 Å². The molecule has 0 aliphatic carbocycles. The zero-order valence-corrected chi connectivity index (χ0v) is 13.0. The highest BCUT2D eigenvalue weighted by molar-refractivity contribution is 5.93. The van der Waals surface area contributed by atoms with Crippen LogP contribution in [0.3, 0.4) is 0 Å². The second-order valence-electron chi connectivity index (χ2n) is 5.15. The molecule has 0 saturated carbocycles. The lowest BCUT2D eigenvalue weighted by Gasteiger charge is -2.14. The van der Waals surface area contributed by atoms with E-state index in [9.17, 15) is 18.3 Å². The molecule has 1 aliphatic rings. The molecule has 9 heteroatoms. The van der Waals surface area contributed by atoms with Crippen LogP contribution in [0.25, 0.3) is 0 Å².